The van der Waals surface area contributed by atoms with Gasteiger partial charge in [0.1, 0.15) is 0 Å². The number of benzene rings is 1. The van der Waals surface area contributed by atoms with Crippen molar-refractivity contribution >= 4 is 0 Å². The molecule has 1 atom stereocenters. The Morgan fingerprint density at radius 1 is 1.11 bits per heavy atom. The fourth-order valence-corrected chi connectivity index (χ4v) is 2.01. The van der Waals surface area contributed by atoms with Crippen molar-refractivity contribution in [1.82, 2.24) is 10.6 Å². The molecular weight excluding hydrogens is 236 g/mol. The largest absolute Gasteiger partial charge is 0.383 e. The molecule has 0 heterocycles. The van der Waals surface area contributed by atoms with Crippen LogP contribution in [0.25, 0.3) is 0 Å². The SMILES string of the molecule is COCCNCC(C)NCCCCc1ccccc1. The van der Waals surface area contributed by atoms with Crippen LogP contribution in [0.5, 0.6) is 0 Å². The zero-order valence-corrected chi connectivity index (χ0v) is 12.3. The second-order valence-electron chi connectivity index (χ2n) is 4.99. The van der Waals surface area contributed by atoms with E-state index in [0.717, 1.165) is 26.2 Å². The Kier molecular flexibility index (Phi) is 9.33. The fraction of sp³-hybridized carbons (Fsp3) is 0.625. The summed E-state index contributed by atoms with van der Waals surface area (Å²) in [6, 6.07) is 11.2. The number of hydrogen-bond donors (Lipinski definition) is 2. The Labute approximate surface area is 117 Å². The molecule has 0 radical (unpaired) electrons. The molecule has 3 nitrogen and oxygen atoms in total. The van der Waals surface area contributed by atoms with Gasteiger partial charge < -0.3 is 15.4 Å². The minimum absolute atomic E-state index is 0.522. The smallest absolute Gasteiger partial charge is 0.0587 e. The minimum Gasteiger partial charge on any atom is -0.383 e. The summed E-state index contributed by atoms with van der Waals surface area (Å²) in [5.41, 5.74) is 1.44. The third-order valence-corrected chi connectivity index (χ3v) is 3.16. The third kappa shape index (κ3) is 8.76. The third-order valence-electron chi connectivity index (χ3n) is 3.16. The summed E-state index contributed by atoms with van der Waals surface area (Å²) in [6.07, 6.45) is 3.67. The number of unbranched alkanes of at least 4 members (excludes halogenated alkanes) is 1. The zero-order chi connectivity index (χ0) is 13.8. The van der Waals surface area contributed by atoms with Gasteiger partial charge in [-0.1, -0.05) is 30.3 Å². The van der Waals surface area contributed by atoms with Gasteiger partial charge in [-0.3, -0.25) is 0 Å². The highest BCUT2D eigenvalue weighted by molar-refractivity contribution is 5.14. The van der Waals surface area contributed by atoms with Crippen molar-refractivity contribution in [3.63, 3.8) is 0 Å². The summed E-state index contributed by atoms with van der Waals surface area (Å²) in [4.78, 5) is 0. The highest BCUT2D eigenvalue weighted by atomic mass is 16.5. The molecule has 3 heteroatoms. The molecule has 1 rings (SSSR count). The molecular formula is C16H28N2O. The lowest BCUT2D eigenvalue weighted by Gasteiger charge is -2.14. The lowest BCUT2D eigenvalue weighted by Crippen LogP contribution is -2.37. The van der Waals surface area contributed by atoms with Crippen LogP contribution in [0.4, 0.5) is 0 Å². The number of aryl methyl sites for hydroxylation is 1. The van der Waals surface area contributed by atoms with Crippen molar-refractivity contribution in [2.45, 2.75) is 32.2 Å². The molecule has 19 heavy (non-hydrogen) atoms. The van der Waals surface area contributed by atoms with Gasteiger partial charge in [0.25, 0.3) is 0 Å². The first-order valence-corrected chi connectivity index (χ1v) is 7.30. The first-order valence-electron chi connectivity index (χ1n) is 7.30. The van der Waals surface area contributed by atoms with Gasteiger partial charge in [0, 0.05) is 26.2 Å². The predicted octanol–water partition coefficient (Wildman–Crippen LogP) is 2.22. The van der Waals surface area contributed by atoms with Gasteiger partial charge in [0.15, 0.2) is 0 Å². The van der Waals surface area contributed by atoms with Gasteiger partial charge >= 0.3 is 0 Å². The van der Waals surface area contributed by atoms with Crippen molar-refractivity contribution in [2.75, 3.05) is 33.4 Å². The maximum atomic E-state index is 5.00. The van der Waals surface area contributed by atoms with Crippen molar-refractivity contribution in [1.29, 1.82) is 0 Å². The van der Waals surface area contributed by atoms with Crippen LogP contribution in [0.15, 0.2) is 30.3 Å². The van der Waals surface area contributed by atoms with Crippen molar-refractivity contribution < 1.29 is 4.74 Å². The topological polar surface area (TPSA) is 33.3 Å². The highest BCUT2D eigenvalue weighted by Crippen LogP contribution is 2.03. The Morgan fingerprint density at radius 2 is 1.89 bits per heavy atom. The molecule has 0 saturated carbocycles. The molecule has 0 amide bonds. The van der Waals surface area contributed by atoms with Crippen LogP contribution in [0.2, 0.25) is 0 Å². The van der Waals surface area contributed by atoms with Crippen molar-refractivity contribution in [3.05, 3.63) is 35.9 Å². The first kappa shape index (κ1) is 16.2. The molecule has 0 aliphatic heterocycles. The maximum Gasteiger partial charge on any atom is 0.0587 e. The van der Waals surface area contributed by atoms with Gasteiger partial charge in [0.2, 0.25) is 0 Å². The van der Waals surface area contributed by atoms with Crippen LogP contribution in [0.3, 0.4) is 0 Å². The molecule has 1 aromatic rings. The summed E-state index contributed by atoms with van der Waals surface area (Å²) in [6.45, 7) is 6.03. The summed E-state index contributed by atoms with van der Waals surface area (Å²) < 4.78 is 5.00. The number of ether oxygens (including phenoxy) is 1. The Balaban J connectivity index is 1.92. The fourth-order valence-electron chi connectivity index (χ4n) is 2.01. The molecule has 0 bridgehead atoms. The van der Waals surface area contributed by atoms with Crippen LogP contribution < -0.4 is 10.6 Å². The first-order chi connectivity index (χ1) is 9.33. The number of hydrogen-bond acceptors (Lipinski definition) is 3. The van der Waals surface area contributed by atoms with E-state index in [9.17, 15) is 0 Å². The molecule has 0 saturated heterocycles. The molecule has 2 N–H and O–H groups in total. The molecule has 0 fully saturated rings. The van der Waals surface area contributed by atoms with E-state index in [1.165, 1.54) is 24.8 Å². The standard InChI is InChI=1S/C16H28N2O/c1-15(14-17-12-13-19-2)18-11-7-6-10-16-8-4-3-5-9-16/h3-5,8-9,15,17-18H,6-7,10-14H2,1-2H3. The van der Waals surface area contributed by atoms with E-state index in [1.54, 1.807) is 7.11 Å². The summed E-state index contributed by atoms with van der Waals surface area (Å²) >= 11 is 0. The van der Waals surface area contributed by atoms with E-state index in [4.69, 9.17) is 4.74 Å². The number of methoxy groups -OCH3 is 1. The summed E-state index contributed by atoms with van der Waals surface area (Å²) in [5, 5.41) is 6.91. The Morgan fingerprint density at radius 3 is 2.63 bits per heavy atom. The molecule has 1 aromatic carbocycles. The quantitative estimate of drug-likeness (QED) is 0.601. The lowest BCUT2D eigenvalue weighted by molar-refractivity contribution is 0.198. The van der Waals surface area contributed by atoms with Gasteiger partial charge in [-0.05, 0) is 38.3 Å². The van der Waals surface area contributed by atoms with Crippen LogP contribution in [0, 0.1) is 0 Å². The summed E-state index contributed by atoms with van der Waals surface area (Å²) in [5.74, 6) is 0. The van der Waals surface area contributed by atoms with E-state index in [0.29, 0.717) is 6.04 Å². The second-order valence-corrected chi connectivity index (χ2v) is 4.99. The number of nitrogens with one attached hydrogen (secondary N) is 2. The van der Waals surface area contributed by atoms with Crippen LogP contribution in [0.1, 0.15) is 25.3 Å². The normalized spacial score (nSPS) is 12.5. The summed E-state index contributed by atoms with van der Waals surface area (Å²) in [7, 11) is 1.73. The van der Waals surface area contributed by atoms with Gasteiger partial charge in [-0.2, -0.15) is 0 Å². The lowest BCUT2D eigenvalue weighted by atomic mass is 10.1. The molecule has 108 valence electrons. The van der Waals surface area contributed by atoms with Crippen molar-refractivity contribution in [2.24, 2.45) is 0 Å². The van der Waals surface area contributed by atoms with Crippen LogP contribution in [-0.4, -0.2) is 39.4 Å². The van der Waals surface area contributed by atoms with Gasteiger partial charge in [-0.15, -0.1) is 0 Å². The highest BCUT2D eigenvalue weighted by Gasteiger charge is 1.99. The van der Waals surface area contributed by atoms with E-state index in [-0.39, 0.29) is 0 Å². The van der Waals surface area contributed by atoms with E-state index >= 15 is 0 Å². The van der Waals surface area contributed by atoms with Gasteiger partial charge in [-0.25, -0.2) is 0 Å². The van der Waals surface area contributed by atoms with E-state index in [2.05, 4.69) is 47.9 Å². The molecule has 0 spiro atoms. The minimum atomic E-state index is 0.522. The van der Waals surface area contributed by atoms with Crippen molar-refractivity contribution in [3.8, 4) is 0 Å². The van der Waals surface area contributed by atoms with Gasteiger partial charge in [0.05, 0.1) is 6.61 Å². The number of rotatable bonds is 11. The van der Waals surface area contributed by atoms with E-state index < -0.39 is 0 Å². The van der Waals surface area contributed by atoms with Crippen LogP contribution >= 0.6 is 0 Å². The van der Waals surface area contributed by atoms with Crippen LogP contribution in [-0.2, 0) is 11.2 Å². The second kappa shape index (κ2) is 11.0. The predicted molar refractivity (Wildman–Crippen MR) is 81.6 cm³/mol. The maximum absolute atomic E-state index is 5.00. The average molecular weight is 264 g/mol. The Bertz CT molecular complexity index is 303. The van der Waals surface area contributed by atoms with E-state index in [1.807, 2.05) is 0 Å². The monoisotopic (exact) mass is 264 g/mol. The molecule has 1 unspecified atom stereocenters. The molecule has 0 aliphatic carbocycles. The zero-order valence-electron chi connectivity index (χ0n) is 12.3. The Hall–Kier alpha value is -0.900. The average Bonchev–Trinajstić information content (AvgIpc) is 2.44. The molecule has 0 aliphatic rings. The molecule has 0 aromatic heterocycles.